The molecule has 1 aromatic carbocycles. The van der Waals surface area contributed by atoms with Gasteiger partial charge in [-0.1, -0.05) is 12.1 Å². The number of amides is 1. The Morgan fingerprint density at radius 3 is 2.78 bits per heavy atom. The summed E-state index contributed by atoms with van der Waals surface area (Å²) in [5.74, 6) is 5.18. The van der Waals surface area contributed by atoms with E-state index in [0.717, 1.165) is 0 Å². The molecule has 6 nitrogen and oxygen atoms in total. The zero-order valence-corrected chi connectivity index (χ0v) is 10.4. The molecule has 1 aromatic rings. The number of rotatable bonds is 7. The highest BCUT2D eigenvalue weighted by atomic mass is 16.5. The van der Waals surface area contributed by atoms with Gasteiger partial charge in [0, 0.05) is 20.2 Å². The SMILES string of the molecule is COCCN(CCO)C(=O)c1ccccc1NN. The van der Waals surface area contributed by atoms with Crippen LogP contribution in [0.25, 0.3) is 0 Å². The van der Waals surface area contributed by atoms with Crippen LogP contribution in [-0.2, 0) is 4.74 Å². The number of methoxy groups -OCH3 is 1. The Morgan fingerprint density at radius 2 is 2.17 bits per heavy atom. The van der Waals surface area contributed by atoms with Gasteiger partial charge < -0.3 is 20.2 Å². The standard InChI is InChI=1S/C12H19N3O3/c1-18-9-7-15(6-8-16)12(17)10-4-2-3-5-11(10)14-13/h2-5,14,16H,6-9,13H2,1H3. The molecule has 1 rings (SSSR count). The van der Waals surface area contributed by atoms with Gasteiger partial charge in [0.05, 0.1) is 24.5 Å². The third-order valence-corrected chi connectivity index (χ3v) is 2.54. The highest BCUT2D eigenvalue weighted by Gasteiger charge is 2.17. The smallest absolute Gasteiger partial charge is 0.256 e. The largest absolute Gasteiger partial charge is 0.395 e. The molecule has 6 heteroatoms. The lowest BCUT2D eigenvalue weighted by Crippen LogP contribution is -2.36. The summed E-state index contributed by atoms with van der Waals surface area (Å²) in [7, 11) is 1.57. The third-order valence-electron chi connectivity index (χ3n) is 2.54. The first-order valence-corrected chi connectivity index (χ1v) is 5.69. The average Bonchev–Trinajstić information content (AvgIpc) is 2.42. The van der Waals surface area contributed by atoms with Crippen molar-refractivity contribution in [2.24, 2.45) is 5.84 Å². The normalized spacial score (nSPS) is 10.2. The molecular formula is C12H19N3O3. The second-order valence-electron chi connectivity index (χ2n) is 3.70. The Hall–Kier alpha value is -1.63. The number of para-hydroxylation sites is 1. The summed E-state index contributed by atoms with van der Waals surface area (Å²) in [6.07, 6.45) is 0. The van der Waals surface area contributed by atoms with E-state index in [1.165, 1.54) is 4.90 Å². The van der Waals surface area contributed by atoms with E-state index in [-0.39, 0.29) is 19.1 Å². The van der Waals surface area contributed by atoms with E-state index in [9.17, 15) is 4.79 Å². The third kappa shape index (κ3) is 3.69. The maximum Gasteiger partial charge on any atom is 0.256 e. The molecule has 0 aliphatic carbocycles. The number of carbonyl (C=O) groups is 1. The predicted octanol–water partition coefficient (Wildman–Crippen LogP) is 0.0531. The number of benzene rings is 1. The number of aliphatic hydroxyl groups is 1. The first-order valence-electron chi connectivity index (χ1n) is 5.69. The van der Waals surface area contributed by atoms with Crippen LogP contribution >= 0.6 is 0 Å². The number of hydrogen-bond donors (Lipinski definition) is 3. The zero-order valence-electron chi connectivity index (χ0n) is 10.4. The van der Waals surface area contributed by atoms with Crippen LogP contribution < -0.4 is 11.3 Å². The number of nitrogens with zero attached hydrogens (tertiary/aromatic N) is 1. The number of nitrogens with two attached hydrogens (primary N) is 1. The summed E-state index contributed by atoms with van der Waals surface area (Å²) in [6.45, 7) is 1.02. The lowest BCUT2D eigenvalue weighted by molar-refractivity contribution is 0.0657. The van der Waals surface area contributed by atoms with Gasteiger partial charge in [0.2, 0.25) is 0 Å². The van der Waals surface area contributed by atoms with Crippen LogP contribution in [0.3, 0.4) is 0 Å². The Labute approximate surface area is 106 Å². The van der Waals surface area contributed by atoms with E-state index in [2.05, 4.69) is 5.43 Å². The van der Waals surface area contributed by atoms with Gasteiger partial charge in [0.25, 0.3) is 5.91 Å². The van der Waals surface area contributed by atoms with Crippen molar-refractivity contribution in [1.82, 2.24) is 4.90 Å². The van der Waals surface area contributed by atoms with Crippen molar-refractivity contribution < 1.29 is 14.6 Å². The fraction of sp³-hybridized carbons (Fsp3) is 0.417. The van der Waals surface area contributed by atoms with Gasteiger partial charge in [0.15, 0.2) is 0 Å². The highest BCUT2D eigenvalue weighted by molar-refractivity contribution is 5.99. The number of aliphatic hydroxyl groups excluding tert-OH is 1. The molecule has 100 valence electrons. The van der Waals surface area contributed by atoms with E-state index in [1.54, 1.807) is 31.4 Å². The second kappa shape index (κ2) is 7.65. The fourth-order valence-corrected chi connectivity index (χ4v) is 1.60. The lowest BCUT2D eigenvalue weighted by Gasteiger charge is -2.22. The van der Waals surface area contributed by atoms with Gasteiger partial charge >= 0.3 is 0 Å². The summed E-state index contributed by atoms with van der Waals surface area (Å²) in [4.78, 5) is 13.8. The van der Waals surface area contributed by atoms with E-state index >= 15 is 0 Å². The molecule has 0 aliphatic heterocycles. The van der Waals surface area contributed by atoms with Crippen molar-refractivity contribution in [3.63, 3.8) is 0 Å². The molecule has 18 heavy (non-hydrogen) atoms. The van der Waals surface area contributed by atoms with E-state index < -0.39 is 0 Å². The summed E-state index contributed by atoms with van der Waals surface area (Å²) >= 11 is 0. The van der Waals surface area contributed by atoms with Crippen LogP contribution in [0.4, 0.5) is 5.69 Å². The molecule has 0 radical (unpaired) electrons. The van der Waals surface area contributed by atoms with E-state index in [0.29, 0.717) is 24.4 Å². The number of nitrogen functional groups attached to an aromatic ring is 1. The molecule has 0 atom stereocenters. The van der Waals surface area contributed by atoms with Crippen molar-refractivity contribution >= 4 is 11.6 Å². The minimum Gasteiger partial charge on any atom is -0.395 e. The molecule has 0 spiro atoms. The number of anilines is 1. The summed E-state index contributed by atoms with van der Waals surface area (Å²) in [6, 6.07) is 6.97. The molecule has 0 aliphatic rings. The molecular weight excluding hydrogens is 234 g/mol. The number of nitrogens with one attached hydrogen (secondary N) is 1. The van der Waals surface area contributed by atoms with Crippen molar-refractivity contribution in [3.05, 3.63) is 29.8 Å². The van der Waals surface area contributed by atoms with Crippen LogP contribution in [0.2, 0.25) is 0 Å². The highest BCUT2D eigenvalue weighted by Crippen LogP contribution is 2.15. The quantitative estimate of drug-likeness (QED) is 0.472. The molecule has 0 saturated heterocycles. The summed E-state index contributed by atoms with van der Waals surface area (Å²) in [5.41, 5.74) is 3.52. The molecule has 0 fully saturated rings. The molecule has 0 unspecified atom stereocenters. The molecule has 4 N–H and O–H groups in total. The first kappa shape index (κ1) is 14.4. The summed E-state index contributed by atoms with van der Waals surface area (Å²) in [5, 5.41) is 8.98. The van der Waals surface area contributed by atoms with Crippen LogP contribution in [0.5, 0.6) is 0 Å². The average molecular weight is 253 g/mol. The zero-order chi connectivity index (χ0) is 13.4. The molecule has 0 aromatic heterocycles. The van der Waals surface area contributed by atoms with Gasteiger partial charge in [-0.3, -0.25) is 10.6 Å². The van der Waals surface area contributed by atoms with Crippen molar-refractivity contribution in [1.29, 1.82) is 0 Å². The minimum atomic E-state index is -0.186. The van der Waals surface area contributed by atoms with Crippen LogP contribution in [0, 0.1) is 0 Å². The minimum absolute atomic E-state index is 0.0896. The first-order chi connectivity index (χ1) is 8.74. The van der Waals surface area contributed by atoms with Crippen LogP contribution in [0.1, 0.15) is 10.4 Å². The van der Waals surface area contributed by atoms with Gasteiger partial charge in [-0.25, -0.2) is 0 Å². The lowest BCUT2D eigenvalue weighted by atomic mass is 10.1. The van der Waals surface area contributed by atoms with Crippen LogP contribution in [0.15, 0.2) is 24.3 Å². The monoisotopic (exact) mass is 253 g/mol. The van der Waals surface area contributed by atoms with Gasteiger partial charge in [-0.15, -0.1) is 0 Å². The number of hydrogen-bond acceptors (Lipinski definition) is 5. The van der Waals surface area contributed by atoms with Crippen molar-refractivity contribution in [2.75, 3.05) is 38.8 Å². The van der Waals surface area contributed by atoms with Crippen molar-refractivity contribution in [2.45, 2.75) is 0 Å². The van der Waals surface area contributed by atoms with Crippen LogP contribution in [-0.4, -0.2) is 49.3 Å². The van der Waals surface area contributed by atoms with Gasteiger partial charge in [-0.2, -0.15) is 0 Å². The Kier molecular flexibility index (Phi) is 6.13. The second-order valence-corrected chi connectivity index (χ2v) is 3.70. The predicted molar refractivity (Wildman–Crippen MR) is 69.1 cm³/mol. The Balaban J connectivity index is 2.86. The number of carbonyl (C=O) groups excluding carboxylic acids is 1. The Bertz CT molecular complexity index is 385. The number of hydrazine groups is 1. The van der Waals surface area contributed by atoms with E-state index in [1.807, 2.05) is 0 Å². The maximum absolute atomic E-state index is 12.3. The molecule has 1 amide bonds. The van der Waals surface area contributed by atoms with Gasteiger partial charge in [0.1, 0.15) is 0 Å². The van der Waals surface area contributed by atoms with Crippen molar-refractivity contribution in [3.8, 4) is 0 Å². The fourth-order valence-electron chi connectivity index (χ4n) is 1.60. The molecule has 0 bridgehead atoms. The Morgan fingerprint density at radius 1 is 1.44 bits per heavy atom. The maximum atomic E-state index is 12.3. The number of ether oxygens (including phenoxy) is 1. The summed E-state index contributed by atoms with van der Waals surface area (Å²) < 4.78 is 4.95. The van der Waals surface area contributed by atoms with E-state index in [4.69, 9.17) is 15.7 Å². The van der Waals surface area contributed by atoms with Gasteiger partial charge in [-0.05, 0) is 12.1 Å². The molecule has 0 saturated carbocycles. The topological polar surface area (TPSA) is 87.8 Å². The molecule has 0 heterocycles.